The topological polar surface area (TPSA) is 67.0 Å². The largest absolute Gasteiger partial charge is 0.356 e. The van der Waals surface area contributed by atoms with Crippen LogP contribution in [0, 0.1) is 12.3 Å². The molecule has 1 N–H and O–H groups in total. The fourth-order valence-corrected chi connectivity index (χ4v) is 1.58. The molecule has 92 valence electrons. The first-order valence-electron chi connectivity index (χ1n) is 5.48. The van der Waals surface area contributed by atoms with E-state index in [0.29, 0.717) is 5.69 Å². The van der Waals surface area contributed by atoms with Gasteiger partial charge in [0.05, 0.1) is 11.1 Å². The van der Waals surface area contributed by atoms with E-state index in [-0.39, 0.29) is 23.8 Å². The molecule has 0 aliphatic heterocycles. The summed E-state index contributed by atoms with van der Waals surface area (Å²) < 4.78 is 0. The van der Waals surface area contributed by atoms with Crippen LogP contribution in [0.5, 0.6) is 0 Å². The molecule has 0 radical (unpaired) electrons. The van der Waals surface area contributed by atoms with Crippen LogP contribution in [0.2, 0.25) is 0 Å². The van der Waals surface area contributed by atoms with Crippen LogP contribution in [0.15, 0.2) is 12.1 Å². The monoisotopic (exact) mass is 235 g/mol. The van der Waals surface area contributed by atoms with Crippen LogP contribution in [0.1, 0.15) is 43.4 Å². The fraction of sp³-hybridized carbons (Fsp3) is 0.462. The number of hydrogen-bond donors (Lipinski definition) is 1. The highest BCUT2D eigenvalue weighted by molar-refractivity contribution is 6.09. The molecular formula is C13H17NO3. The molecule has 1 aromatic rings. The Bertz CT molecular complexity index is 457. The van der Waals surface area contributed by atoms with Crippen molar-refractivity contribution in [3.8, 4) is 0 Å². The SMILES string of the molecule is CC(=O)C(C)(CC(=O)c1ccc(C)[nH]1)C(C)=O. The highest BCUT2D eigenvalue weighted by Crippen LogP contribution is 2.26. The third kappa shape index (κ3) is 2.70. The van der Waals surface area contributed by atoms with Crippen LogP contribution in [0.25, 0.3) is 0 Å². The van der Waals surface area contributed by atoms with Gasteiger partial charge in [-0.25, -0.2) is 0 Å². The first-order valence-corrected chi connectivity index (χ1v) is 5.48. The summed E-state index contributed by atoms with van der Waals surface area (Å²) in [7, 11) is 0. The number of carbonyl (C=O) groups is 3. The normalized spacial score (nSPS) is 11.3. The van der Waals surface area contributed by atoms with Gasteiger partial charge in [0, 0.05) is 12.1 Å². The first-order chi connectivity index (χ1) is 7.77. The maximum absolute atomic E-state index is 11.9. The van der Waals surface area contributed by atoms with E-state index in [1.807, 2.05) is 6.92 Å². The van der Waals surface area contributed by atoms with Crippen LogP contribution in [0.3, 0.4) is 0 Å². The number of hydrogen-bond acceptors (Lipinski definition) is 3. The second-order valence-corrected chi connectivity index (χ2v) is 4.60. The van der Waals surface area contributed by atoms with Gasteiger partial charge in [-0.3, -0.25) is 14.4 Å². The lowest BCUT2D eigenvalue weighted by molar-refractivity contribution is -0.137. The van der Waals surface area contributed by atoms with Gasteiger partial charge in [-0.2, -0.15) is 0 Å². The molecule has 0 saturated heterocycles. The molecular weight excluding hydrogens is 218 g/mol. The zero-order valence-corrected chi connectivity index (χ0v) is 10.6. The Morgan fingerprint density at radius 3 is 2.06 bits per heavy atom. The van der Waals surface area contributed by atoms with Crippen molar-refractivity contribution in [1.29, 1.82) is 0 Å². The average Bonchev–Trinajstić information content (AvgIpc) is 2.64. The molecule has 0 atom stereocenters. The number of aromatic amines is 1. The molecule has 4 nitrogen and oxygen atoms in total. The summed E-state index contributed by atoms with van der Waals surface area (Å²) in [5.74, 6) is -0.769. The van der Waals surface area contributed by atoms with Crippen molar-refractivity contribution < 1.29 is 14.4 Å². The van der Waals surface area contributed by atoms with E-state index < -0.39 is 5.41 Å². The Balaban J connectivity index is 2.93. The number of carbonyl (C=O) groups excluding carboxylic acids is 3. The number of ketones is 3. The molecule has 0 aliphatic carbocycles. The van der Waals surface area contributed by atoms with Crippen LogP contribution in [0.4, 0.5) is 0 Å². The van der Waals surface area contributed by atoms with Gasteiger partial charge in [0.25, 0.3) is 0 Å². The standard InChI is InChI=1S/C13H17NO3/c1-8-5-6-11(14-8)12(17)7-13(4,9(2)15)10(3)16/h5-6,14H,7H2,1-4H3. The van der Waals surface area contributed by atoms with Gasteiger partial charge < -0.3 is 4.98 Å². The van der Waals surface area contributed by atoms with E-state index in [1.54, 1.807) is 12.1 Å². The third-order valence-electron chi connectivity index (χ3n) is 3.20. The van der Waals surface area contributed by atoms with E-state index in [1.165, 1.54) is 20.8 Å². The van der Waals surface area contributed by atoms with E-state index in [2.05, 4.69) is 4.98 Å². The summed E-state index contributed by atoms with van der Waals surface area (Å²) in [4.78, 5) is 37.8. The molecule has 0 bridgehead atoms. The number of Topliss-reactive ketones (excluding diaryl/α,β-unsaturated/α-hetero) is 3. The van der Waals surface area contributed by atoms with Crippen molar-refractivity contribution in [3.63, 3.8) is 0 Å². The molecule has 0 spiro atoms. The predicted molar refractivity (Wildman–Crippen MR) is 63.9 cm³/mol. The van der Waals surface area contributed by atoms with Gasteiger partial charge in [0.2, 0.25) is 0 Å². The van der Waals surface area contributed by atoms with Crippen LogP contribution in [-0.4, -0.2) is 22.3 Å². The highest BCUT2D eigenvalue weighted by atomic mass is 16.2. The summed E-state index contributed by atoms with van der Waals surface area (Å²) in [6.07, 6.45) is -0.0857. The third-order valence-corrected chi connectivity index (χ3v) is 3.20. The lowest BCUT2D eigenvalue weighted by Crippen LogP contribution is -2.35. The molecule has 0 aromatic carbocycles. The lowest BCUT2D eigenvalue weighted by atomic mass is 9.77. The van der Waals surface area contributed by atoms with Gasteiger partial charge >= 0.3 is 0 Å². The smallest absolute Gasteiger partial charge is 0.180 e. The number of rotatable bonds is 5. The van der Waals surface area contributed by atoms with E-state index >= 15 is 0 Å². The molecule has 0 unspecified atom stereocenters. The van der Waals surface area contributed by atoms with Crippen LogP contribution in [-0.2, 0) is 9.59 Å². The van der Waals surface area contributed by atoms with Crippen molar-refractivity contribution in [3.05, 3.63) is 23.5 Å². The quantitative estimate of drug-likeness (QED) is 0.627. The van der Waals surface area contributed by atoms with Gasteiger partial charge in [0.1, 0.15) is 11.6 Å². The Hall–Kier alpha value is -1.71. The Labute approximate surface area is 100 Å². The molecule has 0 saturated carbocycles. The van der Waals surface area contributed by atoms with Gasteiger partial charge in [-0.05, 0) is 39.8 Å². The van der Waals surface area contributed by atoms with Gasteiger partial charge in [-0.1, -0.05) is 0 Å². The summed E-state index contributed by atoms with van der Waals surface area (Å²) in [6.45, 7) is 6.04. The minimum Gasteiger partial charge on any atom is -0.356 e. The molecule has 1 rings (SSSR count). The summed E-state index contributed by atoms with van der Waals surface area (Å²) in [5, 5.41) is 0. The highest BCUT2D eigenvalue weighted by Gasteiger charge is 2.37. The van der Waals surface area contributed by atoms with E-state index in [4.69, 9.17) is 0 Å². The minimum absolute atomic E-state index is 0.0857. The first kappa shape index (κ1) is 13.4. The number of aryl methyl sites for hydroxylation is 1. The molecule has 4 heteroatoms. The van der Waals surface area contributed by atoms with E-state index in [9.17, 15) is 14.4 Å². The summed E-state index contributed by atoms with van der Waals surface area (Å²) in [6, 6.07) is 3.45. The van der Waals surface area contributed by atoms with Crippen molar-refractivity contribution in [1.82, 2.24) is 4.98 Å². The van der Waals surface area contributed by atoms with Crippen LogP contribution < -0.4 is 0 Å². The van der Waals surface area contributed by atoms with E-state index in [0.717, 1.165) is 5.69 Å². The van der Waals surface area contributed by atoms with Crippen molar-refractivity contribution in [2.24, 2.45) is 5.41 Å². The van der Waals surface area contributed by atoms with Crippen molar-refractivity contribution in [2.45, 2.75) is 34.1 Å². The molecule has 17 heavy (non-hydrogen) atoms. The Kier molecular flexibility index (Phi) is 3.66. The Morgan fingerprint density at radius 1 is 1.18 bits per heavy atom. The minimum atomic E-state index is -1.21. The summed E-state index contributed by atoms with van der Waals surface area (Å²) in [5.41, 5.74) is 0.104. The van der Waals surface area contributed by atoms with Gasteiger partial charge in [-0.15, -0.1) is 0 Å². The number of H-pyrrole nitrogens is 1. The number of aromatic nitrogens is 1. The molecule has 1 heterocycles. The molecule has 0 aliphatic rings. The summed E-state index contributed by atoms with van der Waals surface area (Å²) >= 11 is 0. The molecule has 1 aromatic heterocycles. The fourth-order valence-electron chi connectivity index (χ4n) is 1.58. The predicted octanol–water partition coefficient (Wildman–Crippen LogP) is 2.08. The second kappa shape index (κ2) is 4.65. The zero-order chi connectivity index (χ0) is 13.2. The second-order valence-electron chi connectivity index (χ2n) is 4.60. The van der Waals surface area contributed by atoms with Crippen LogP contribution >= 0.6 is 0 Å². The van der Waals surface area contributed by atoms with Crippen molar-refractivity contribution in [2.75, 3.05) is 0 Å². The molecule has 0 amide bonds. The maximum atomic E-state index is 11.9. The Morgan fingerprint density at radius 2 is 1.71 bits per heavy atom. The lowest BCUT2D eigenvalue weighted by Gasteiger charge is -2.22. The van der Waals surface area contributed by atoms with Gasteiger partial charge in [0.15, 0.2) is 5.78 Å². The zero-order valence-electron chi connectivity index (χ0n) is 10.6. The molecule has 0 fully saturated rings. The average molecular weight is 235 g/mol. The number of nitrogens with one attached hydrogen (secondary N) is 1. The maximum Gasteiger partial charge on any atom is 0.180 e. The van der Waals surface area contributed by atoms with Crippen molar-refractivity contribution >= 4 is 17.3 Å².